The van der Waals surface area contributed by atoms with Crippen molar-refractivity contribution in [1.82, 2.24) is 4.90 Å². The van der Waals surface area contributed by atoms with Crippen LogP contribution in [0.4, 0.5) is 5.69 Å². The molecule has 6 nitrogen and oxygen atoms in total. The smallest absolute Gasteiger partial charge is 0.290 e. The van der Waals surface area contributed by atoms with Gasteiger partial charge in [0.2, 0.25) is 0 Å². The average Bonchev–Trinajstić information content (AvgIpc) is 2.31. The van der Waals surface area contributed by atoms with Gasteiger partial charge < -0.3 is 10.0 Å². The molecule has 0 heterocycles. The number of aliphatic hydroxyl groups excluding tert-OH is 1. The van der Waals surface area contributed by atoms with Gasteiger partial charge >= 0.3 is 0 Å². The number of hydrogen-bond donors (Lipinski definition) is 1. The van der Waals surface area contributed by atoms with Gasteiger partial charge in [0.15, 0.2) is 0 Å². The molecular weight excluding hydrogens is 283 g/mol. The first-order valence-corrected chi connectivity index (χ1v) is 5.63. The van der Waals surface area contributed by atoms with E-state index in [9.17, 15) is 14.9 Å². The fourth-order valence-electron chi connectivity index (χ4n) is 1.30. The van der Waals surface area contributed by atoms with Crippen molar-refractivity contribution in [3.63, 3.8) is 0 Å². The number of nitro groups is 1. The standard InChI is InChI=1S/C10H10Cl2N2O4/c1-13(2-3-15)10(16)6-4-7(11)9(12)8(5-6)14(17)18/h4-5,15H,2-3H2,1H3. The number of hydrogen-bond acceptors (Lipinski definition) is 4. The Labute approximate surface area is 113 Å². The van der Waals surface area contributed by atoms with Crippen LogP contribution in [0.15, 0.2) is 12.1 Å². The lowest BCUT2D eigenvalue weighted by atomic mass is 10.1. The number of nitro benzene ring substituents is 1. The van der Waals surface area contributed by atoms with Crippen molar-refractivity contribution in [2.24, 2.45) is 0 Å². The van der Waals surface area contributed by atoms with Crippen LogP contribution in [0.5, 0.6) is 0 Å². The second-order valence-electron chi connectivity index (χ2n) is 3.50. The summed E-state index contributed by atoms with van der Waals surface area (Å²) in [6, 6.07) is 2.32. The van der Waals surface area contributed by atoms with E-state index in [2.05, 4.69) is 0 Å². The third kappa shape index (κ3) is 3.10. The van der Waals surface area contributed by atoms with Gasteiger partial charge in [-0.1, -0.05) is 23.2 Å². The van der Waals surface area contributed by atoms with Crippen molar-refractivity contribution in [2.75, 3.05) is 20.2 Å². The fourth-order valence-corrected chi connectivity index (χ4v) is 1.70. The fraction of sp³-hybridized carbons (Fsp3) is 0.300. The summed E-state index contributed by atoms with van der Waals surface area (Å²) >= 11 is 11.4. The second-order valence-corrected chi connectivity index (χ2v) is 4.28. The van der Waals surface area contributed by atoms with E-state index in [-0.39, 0.29) is 28.8 Å². The van der Waals surface area contributed by atoms with E-state index in [0.717, 1.165) is 6.07 Å². The highest BCUT2D eigenvalue weighted by molar-refractivity contribution is 6.43. The molecule has 0 radical (unpaired) electrons. The third-order valence-electron chi connectivity index (χ3n) is 2.23. The number of nitrogens with zero attached hydrogens (tertiary/aromatic N) is 2. The summed E-state index contributed by atoms with van der Waals surface area (Å²) in [5.41, 5.74) is -0.378. The maximum absolute atomic E-state index is 11.9. The number of amides is 1. The Morgan fingerprint density at radius 2 is 2.11 bits per heavy atom. The first kappa shape index (κ1) is 14.7. The molecule has 0 bridgehead atoms. The third-order valence-corrected chi connectivity index (χ3v) is 3.03. The van der Waals surface area contributed by atoms with E-state index in [4.69, 9.17) is 28.3 Å². The molecule has 1 aromatic carbocycles. The second kappa shape index (κ2) is 5.99. The summed E-state index contributed by atoms with van der Waals surface area (Å²) in [7, 11) is 1.47. The Morgan fingerprint density at radius 1 is 1.50 bits per heavy atom. The number of carbonyl (C=O) groups is 1. The van der Waals surface area contributed by atoms with Crippen LogP contribution in [0.1, 0.15) is 10.4 Å². The lowest BCUT2D eigenvalue weighted by Crippen LogP contribution is -2.29. The molecule has 1 rings (SSSR count). The van der Waals surface area contributed by atoms with Crippen LogP contribution in [-0.4, -0.2) is 41.0 Å². The van der Waals surface area contributed by atoms with Gasteiger partial charge in [-0.3, -0.25) is 14.9 Å². The summed E-state index contributed by atoms with van der Waals surface area (Å²) in [5.74, 6) is -0.481. The average molecular weight is 293 g/mol. The zero-order valence-corrected chi connectivity index (χ0v) is 10.9. The molecule has 1 N–H and O–H groups in total. The van der Waals surface area contributed by atoms with Crippen LogP contribution in [0.3, 0.4) is 0 Å². The van der Waals surface area contributed by atoms with Crippen molar-refractivity contribution in [1.29, 1.82) is 0 Å². The highest BCUT2D eigenvalue weighted by atomic mass is 35.5. The van der Waals surface area contributed by atoms with Gasteiger partial charge in [-0.15, -0.1) is 0 Å². The van der Waals surface area contributed by atoms with E-state index >= 15 is 0 Å². The summed E-state index contributed by atoms with van der Waals surface area (Å²) in [6.45, 7) is -0.0848. The minimum absolute atomic E-state index is 0.0482. The van der Waals surface area contributed by atoms with Crippen molar-refractivity contribution >= 4 is 34.8 Å². The van der Waals surface area contributed by atoms with Crippen molar-refractivity contribution in [2.45, 2.75) is 0 Å². The Hall–Kier alpha value is -1.37. The lowest BCUT2D eigenvalue weighted by molar-refractivity contribution is -0.384. The molecule has 0 aliphatic heterocycles. The van der Waals surface area contributed by atoms with E-state index in [0.29, 0.717) is 0 Å². The maximum Gasteiger partial charge on any atom is 0.290 e. The van der Waals surface area contributed by atoms with Gasteiger partial charge in [-0.2, -0.15) is 0 Å². The van der Waals surface area contributed by atoms with Crippen LogP contribution in [0.25, 0.3) is 0 Å². The highest BCUT2D eigenvalue weighted by Gasteiger charge is 2.21. The number of aliphatic hydroxyl groups is 1. The Morgan fingerprint density at radius 3 is 2.61 bits per heavy atom. The Balaban J connectivity index is 3.19. The quantitative estimate of drug-likeness (QED) is 0.679. The molecule has 0 aliphatic carbocycles. The normalized spacial score (nSPS) is 10.2. The molecule has 8 heteroatoms. The van der Waals surface area contributed by atoms with Gasteiger partial charge in [-0.25, -0.2) is 0 Å². The molecule has 0 spiro atoms. The Bertz CT molecular complexity index is 493. The highest BCUT2D eigenvalue weighted by Crippen LogP contribution is 2.33. The van der Waals surface area contributed by atoms with Crippen LogP contribution in [-0.2, 0) is 0 Å². The zero-order chi connectivity index (χ0) is 13.9. The molecule has 0 aliphatic rings. The van der Waals surface area contributed by atoms with Gasteiger partial charge in [0.1, 0.15) is 5.02 Å². The predicted molar refractivity (Wildman–Crippen MR) is 67.2 cm³/mol. The molecule has 0 aromatic heterocycles. The molecule has 0 atom stereocenters. The van der Waals surface area contributed by atoms with E-state index in [1.165, 1.54) is 18.0 Å². The topological polar surface area (TPSA) is 83.7 Å². The Kier molecular flexibility index (Phi) is 4.89. The number of carbonyl (C=O) groups excluding carboxylic acids is 1. The maximum atomic E-state index is 11.9. The minimum atomic E-state index is -0.711. The van der Waals surface area contributed by atoms with Gasteiger partial charge in [-0.05, 0) is 6.07 Å². The van der Waals surface area contributed by atoms with Gasteiger partial charge in [0, 0.05) is 25.2 Å². The van der Waals surface area contributed by atoms with Crippen molar-refractivity contribution in [3.8, 4) is 0 Å². The molecular formula is C10H10Cl2N2O4. The van der Waals surface area contributed by atoms with E-state index in [1.807, 2.05) is 0 Å². The van der Waals surface area contributed by atoms with Crippen molar-refractivity contribution < 1.29 is 14.8 Å². The van der Waals surface area contributed by atoms with Crippen LogP contribution in [0, 0.1) is 10.1 Å². The summed E-state index contributed by atoms with van der Waals surface area (Å²) in [4.78, 5) is 23.1. The predicted octanol–water partition coefficient (Wildman–Crippen LogP) is 1.97. The number of likely N-dealkylation sites (N-methyl/N-ethyl adjacent to an activating group) is 1. The first-order chi connectivity index (χ1) is 8.38. The number of rotatable bonds is 4. The summed E-state index contributed by atoms with van der Waals surface area (Å²) < 4.78 is 0. The van der Waals surface area contributed by atoms with Gasteiger partial charge in [0.25, 0.3) is 11.6 Å². The van der Waals surface area contributed by atoms with Crippen molar-refractivity contribution in [3.05, 3.63) is 37.9 Å². The summed E-state index contributed by atoms with van der Waals surface area (Å²) in [6.07, 6.45) is 0. The number of benzene rings is 1. The summed E-state index contributed by atoms with van der Waals surface area (Å²) in [5, 5.41) is 19.2. The first-order valence-electron chi connectivity index (χ1n) is 4.88. The molecule has 0 saturated heterocycles. The molecule has 0 fully saturated rings. The zero-order valence-electron chi connectivity index (χ0n) is 9.39. The van der Waals surface area contributed by atoms with Crippen LogP contribution in [0.2, 0.25) is 10.0 Å². The molecule has 0 saturated carbocycles. The number of halogens is 2. The van der Waals surface area contributed by atoms with Gasteiger partial charge in [0.05, 0.1) is 16.6 Å². The molecule has 1 aromatic rings. The minimum Gasteiger partial charge on any atom is -0.395 e. The largest absolute Gasteiger partial charge is 0.395 e. The monoisotopic (exact) mass is 292 g/mol. The van der Waals surface area contributed by atoms with Crippen LogP contribution < -0.4 is 0 Å². The van der Waals surface area contributed by atoms with E-state index < -0.39 is 16.5 Å². The molecule has 98 valence electrons. The molecule has 1 amide bonds. The molecule has 18 heavy (non-hydrogen) atoms. The molecule has 0 unspecified atom stereocenters. The SMILES string of the molecule is CN(CCO)C(=O)c1cc(Cl)c(Cl)c([N+](=O)[O-])c1. The van der Waals surface area contributed by atoms with E-state index in [1.54, 1.807) is 0 Å². The van der Waals surface area contributed by atoms with Crippen LogP contribution >= 0.6 is 23.2 Å². The lowest BCUT2D eigenvalue weighted by Gasteiger charge is -2.15.